The summed E-state index contributed by atoms with van der Waals surface area (Å²) in [6, 6.07) is 6.30. The normalized spacial score (nSPS) is 17.5. The molecule has 1 saturated carbocycles. The molecule has 0 aromatic heterocycles. The molecule has 22 heavy (non-hydrogen) atoms. The fourth-order valence-corrected chi connectivity index (χ4v) is 4.14. The van der Waals surface area contributed by atoms with Crippen molar-refractivity contribution in [3.05, 3.63) is 30.3 Å². The van der Waals surface area contributed by atoms with Crippen LogP contribution < -0.4 is 5.32 Å². The molecule has 1 aromatic rings. The number of aliphatic hydroxyl groups excluding tert-OH is 1. The number of aliphatic hydroxyl groups is 1. The Morgan fingerprint density at radius 3 is 2.27 bits per heavy atom. The Morgan fingerprint density at radius 2 is 1.82 bits per heavy atom. The summed E-state index contributed by atoms with van der Waals surface area (Å²) in [5, 5.41) is 20.0. The number of carboxylic acid groups (broad SMARTS) is 1. The van der Waals surface area contributed by atoms with Gasteiger partial charge in [0.15, 0.2) is 14.6 Å². The molecule has 0 saturated heterocycles. The Hall–Kier alpha value is -1.93. The van der Waals surface area contributed by atoms with Gasteiger partial charge >= 0.3 is 5.97 Å². The van der Waals surface area contributed by atoms with E-state index >= 15 is 0 Å². The number of aliphatic carboxylic acids is 1. The number of nitrogens with one attached hydrogen (secondary N) is 1. The number of carbonyl (C=O) groups is 2. The van der Waals surface area contributed by atoms with Gasteiger partial charge in [-0.2, -0.15) is 0 Å². The van der Waals surface area contributed by atoms with Crippen molar-refractivity contribution in [1.29, 1.82) is 0 Å². The van der Waals surface area contributed by atoms with Crippen LogP contribution in [0.25, 0.3) is 0 Å². The standard InChI is InChI=1S/C14H17NO6S/c16-9-6-11(12(17)18)15-13(19)14(7-8-14)22(20,21)10-4-2-1-3-5-10/h1-5,11,16H,6-9H2,(H,15,19)(H,17,18)/t11-/m0/s1. The highest BCUT2D eigenvalue weighted by Gasteiger charge is 2.61. The van der Waals surface area contributed by atoms with Crippen LogP contribution in [0.1, 0.15) is 19.3 Å². The zero-order chi connectivity index (χ0) is 16.4. The van der Waals surface area contributed by atoms with Crippen LogP contribution in [0.3, 0.4) is 0 Å². The summed E-state index contributed by atoms with van der Waals surface area (Å²) in [5.74, 6) is -2.13. The molecule has 1 aliphatic carbocycles. The van der Waals surface area contributed by atoms with Crippen LogP contribution in [0.5, 0.6) is 0 Å². The molecule has 3 N–H and O–H groups in total. The molecule has 7 nitrogen and oxygen atoms in total. The molecule has 0 spiro atoms. The number of carbonyl (C=O) groups excluding carboxylic acids is 1. The van der Waals surface area contributed by atoms with Crippen LogP contribution in [0.15, 0.2) is 35.2 Å². The monoisotopic (exact) mass is 327 g/mol. The molecule has 1 fully saturated rings. The lowest BCUT2D eigenvalue weighted by Crippen LogP contribution is -2.49. The average Bonchev–Trinajstić information content (AvgIpc) is 3.29. The van der Waals surface area contributed by atoms with Gasteiger partial charge in [0, 0.05) is 13.0 Å². The van der Waals surface area contributed by atoms with E-state index in [9.17, 15) is 18.0 Å². The summed E-state index contributed by atoms with van der Waals surface area (Å²) in [7, 11) is -3.88. The van der Waals surface area contributed by atoms with Crippen LogP contribution in [-0.2, 0) is 19.4 Å². The molecule has 0 bridgehead atoms. The Labute approximate surface area is 127 Å². The average molecular weight is 327 g/mol. The van der Waals surface area contributed by atoms with Crippen molar-refractivity contribution in [2.75, 3.05) is 6.61 Å². The number of hydrogen-bond donors (Lipinski definition) is 3. The van der Waals surface area contributed by atoms with Gasteiger partial charge in [-0.15, -0.1) is 0 Å². The quantitative estimate of drug-likeness (QED) is 0.645. The van der Waals surface area contributed by atoms with E-state index in [-0.39, 0.29) is 24.2 Å². The minimum Gasteiger partial charge on any atom is -0.480 e. The summed E-state index contributed by atoms with van der Waals surface area (Å²) < 4.78 is 23.6. The van der Waals surface area contributed by atoms with Crippen molar-refractivity contribution in [3.63, 3.8) is 0 Å². The Morgan fingerprint density at radius 1 is 1.23 bits per heavy atom. The Bertz CT molecular complexity index is 666. The smallest absolute Gasteiger partial charge is 0.326 e. The molecule has 1 aliphatic rings. The third-order valence-corrected chi connectivity index (χ3v) is 6.22. The van der Waals surface area contributed by atoms with Crippen LogP contribution in [0.2, 0.25) is 0 Å². The van der Waals surface area contributed by atoms with Gasteiger partial charge in [0.1, 0.15) is 6.04 Å². The van der Waals surface area contributed by atoms with E-state index in [4.69, 9.17) is 10.2 Å². The van der Waals surface area contributed by atoms with Gasteiger partial charge in [0.2, 0.25) is 5.91 Å². The van der Waals surface area contributed by atoms with Crippen LogP contribution >= 0.6 is 0 Å². The number of hydrogen-bond acceptors (Lipinski definition) is 5. The predicted molar refractivity (Wildman–Crippen MR) is 76.9 cm³/mol. The van der Waals surface area contributed by atoms with Crippen molar-refractivity contribution in [3.8, 4) is 0 Å². The highest BCUT2D eigenvalue weighted by molar-refractivity contribution is 7.94. The van der Waals surface area contributed by atoms with Gasteiger partial charge in [-0.05, 0) is 25.0 Å². The number of carboxylic acids is 1. The lowest BCUT2D eigenvalue weighted by molar-refractivity contribution is -0.142. The molecular weight excluding hydrogens is 310 g/mol. The Balaban J connectivity index is 2.24. The maximum atomic E-state index is 12.6. The van der Waals surface area contributed by atoms with Crippen LogP contribution in [0.4, 0.5) is 0 Å². The van der Waals surface area contributed by atoms with Crippen molar-refractivity contribution < 1.29 is 28.2 Å². The highest BCUT2D eigenvalue weighted by atomic mass is 32.2. The van der Waals surface area contributed by atoms with Gasteiger partial charge in [-0.1, -0.05) is 18.2 Å². The van der Waals surface area contributed by atoms with E-state index in [2.05, 4.69) is 5.32 Å². The molecule has 2 rings (SSSR count). The van der Waals surface area contributed by atoms with E-state index in [1.807, 2.05) is 0 Å². The molecule has 0 aliphatic heterocycles. The van der Waals surface area contributed by atoms with E-state index in [0.717, 1.165) is 0 Å². The molecule has 1 aromatic carbocycles. The highest BCUT2D eigenvalue weighted by Crippen LogP contribution is 2.47. The second-order valence-electron chi connectivity index (χ2n) is 5.19. The van der Waals surface area contributed by atoms with Gasteiger partial charge in [-0.3, -0.25) is 4.79 Å². The summed E-state index contributed by atoms with van der Waals surface area (Å²) >= 11 is 0. The summed E-state index contributed by atoms with van der Waals surface area (Å²) in [4.78, 5) is 23.4. The lowest BCUT2D eigenvalue weighted by Gasteiger charge is -2.19. The number of amides is 1. The van der Waals surface area contributed by atoms with Gasteiger partial charge in [0.25, 0.3) is 0 Å². The zero-order valence-corrected chi connectivity index (χ0v) is 12.5. The summed E-state index contributed by atoms with van der Waals surface area (Å²) in [6.45, 7) is -0.421. The zero-order valence-electron chi connectivity index (χ0n) is 11.7. The Kier molecular flexibility index (Phi) is 4.52. The maximum absolute atomic E-state index is 12.6. The fourth-order valence-electron chi connectivity index (χ4n) is 2.23. The first-order valence-electron chi connectivity index (χ1n) is 6.79. The van der Waals surface area contributed by atoms with E-state index in [1.165, 1.54) is 12.1 Å². The maximum Gasteiger partial charge on any atom is 0.326 e. The third kappa shape index (κ3) is 2.84. The molecule has 1 atom stereocenters. The van der Waals surface area contributed by atoms with Gasteiger partial charge < -0.3 is 15.5 Å². The SMILES string of the molecule is O=C(O)[C@H](CCO)NC(=O)C1(S(=O)(=O)c2ccccc2)CC1. The largest absolute Gasteiger partial charge is 0.480 e. The van der Waals surface area contributed by atoms with E-state index in [1.54, 1.807) is 18.2 Å². The van der Waals surface area contributed by atoms with Gasteiger partial charge in [0.05, 0.1) is 4.90 Å². The first-order chi connectivity index (χ1) is 10.3. The molecule has 0 radical (unpaired) electrons. The van der Waals surface area contributed by atoms with Crippen molar-refractivity contribution in [1.82, 2.24) is 5.32 Å². The van der Waals surface area contributed by atoms with E-state index < -0.39 is 39.1 Å². The second kappa shape index (κ2) is 6.05. The molecule has 0 unspecified atom stereocenters. The summed E-state index contributed by atoms with van der Waals surface area (Å²) in [5.41, 5.74) is 0. The minimum atomic E-state index is -3.88. The van der Waals surface area contributed by atoms with Crippen LogP contribution in [-0.4, -0.2) is 47.9 Å². The van der Waals surface area contributed by atoms with Crippen molar-refractivity contribution in [2.24, 2.45) is 0 Å². The molecule has 1 amide bonds. The number of sulfone groups is 1. The topological polar surface area (TPSA) is 121 Å². The van der Waals surface area contributed by atoms with Crippen molar-refractivity contribution >= 4 is 21.7 Å². The molecule has 120 valence electrons. The molecule has 8 heteroatoms. The molecule has 0 heterocycles. The van der Waals surface area contributed by atoms with Crippen molar-refractivity contribution in [2.45, 2.75) is 34.9 Å². The van der Waals surface area contributed by atoms with E-state index in [0.29, 0.717) is 0 Å². The van der Waals surface area contributed by atoms with Crippen LogP contribution in [0, 0.1) is 0 Å². The molecular formula is C14H17NO6S. The predicted octanol–water partition coefficient (Wildman–Crippen LogP) is -0.0553. The first-order valence-corrected chi connectivity index (χ1v) is 8.28. The number of rotatable bonds is 7. The first kappa shape index (κ1) is 16.4. The number of benzene rings is 1. The third-order valence-electron chi connectivity index (χ3n) is 3.71. The summed E-state index contributed by atoms with van der Waals surface area (Å²) in [6.07, 6.45) is 0.131. The second-order valence-corrected chi connectivity index (χ2v) is 7.45. The fraction of sp³-hybridized carbons (Fsp3) is 0.429. The minimum absolute atomic E-state index is 0.0386. The van der Waals surface area contributed by atoms with Gasteiger partial charge in [-0.25, -0.2) is 13.2 Å². The lowest BCUT2D eigenvalue weighted by atomic mass is 10.2.